The van der Waals surface area contributed by atoms with Crippen LogP contribution in [0, 0.1) is 18.8 Å². The van der Waals surface area contributed by atoms with Gasteiger partial charge in [0.15, 0.2) is 0 Å². The van der Waals surface area contributed by atoms with E-state index in [-0.39, 0.29) is 0 Å². The standard InChI is InChI=1S/C14H18/c1-10-4-2-3-5-13(10)14-9-11-6-7-12(14)8-11/h2-5,11-12,14H,6-9H2,1H3/t11-,12+,14+/m0/s1. The summed E-state index contributed by atoms with van der Waals surface area (Å²) in [5.41, 5.74) is 3.14. The van der Waals surface area contributed by atoms with Gasteiger partial charge < -0.3 is 0 Å². The number of hydrogen-bond acceptors (Lipinski definition) is 0. The van der Waals surface area contributed by atoms with Crippen LogP contribution < -0.4 is 0 Å². The van der Waals surface area contributed by atoms with E-state index in [1.165, 1.54) is 31.2 Å². The van der Waals surface area contributed by atoms with Crippen molar-refractivity contribution >= 4 is 0 Å². The molecule has 0 amide bonds. The van der Waals surface area contributed by atoms with Gasteiger partial charge in [-0.2, -0.15) is 0 Å². The number of aryl methyl sites for hydroxylation is 1. The summed E-state index contributed by atoms with van der Waals surface area (Å²) in [5, 5.41) is 0. The largest absolute Gasteiger partial charge is 0.0620 e. The molecular formula is C14H18. The molecule has 0 aliphatic heterocycles. The van der Waals surface area contributed by atoms with E-state index >= 15 is 0 Å². The van der Waals surface area contributed by atoms with Crippen molar-refractivity contribution in [2.24, 2.45) is 11.8 Å². The molecule has 1 aromatic rings. The molecule has 0 heteroatoms. The van der Waals surface area contributed by atoms with E-state index in [9.17, 15) is 0 Å². The normalized spacial score (nSPS) is 35.1. The maximum Gasteiger partial charge on any atom is -0.0128 e. The van der Waals surface area contributed by atoms with Crippen LogP contribution in [0.2, 0.25) is 0 Å². The zero-order chi connectivity index (χ0) is 9.54. The predicted octanol–water partition coefficient (Wildman–Crippen LogP) is 3.90. The first-order valence-electron chi connectivity index (χ1n) is 5.90. The van der Waals surface area contributed by atoms with E-state index in [1.807, 2.05) is 0 Å². The van der Waals surface area contributed by atoms with Crippen molar-refractivity contribution in [3.63, 3.8) is 0 Å². The van der Waals surface area contributed by atoms with Crippen molar-refractivity contribution in [3.8, 4) is 0 Å². The van der Waals surface area contributed by atoms with Crippen LogP contribution in [0.15, 0.2) is 24.3 Å². The van der Waals surface area contributed by atoms with Gasteiger partial charge in [0.05, 0.1) is 0 Å². The molecule has 3 atom stereocenters. The number of fused-ring (bicyclic) bond motifs is 2. The molecule has 2 aliphatic rings. The molecule has 0 N–H and O–H groups in total. The second-order valence-corrected chi connectivity index (χ2v) is 5.14. The summed E-state index contributed by atoms with van der Waals surface area (Å²) >= 11 is 0. The van der Waals surface area contributed by atoms with Crippen LogP contribution in [-0.2, 0) is 0 Å². The second-order valence-electron chi connectivity index (χ2n) is 5.14. The summed E-state index contributed by atoms with van der Waals surface area (Å²) in [6.45, 7) is 2.27. The van der Waals surface area contributed by atoms with Gasteiger partial charge in [-0.05, 0) is 55.1 Å². The molecular weight excluding hydrogens is 168 g/mol. The van der Waals surface area contributed by atoms with Gasteiger partial charge in [0.2, 0.25) is 0 Å². The molecule has 2 aliphatic carbocycles. The quantitative estimate of drug-likeness (QED) is 0.624. The van der Waals surface area contributed by atoms with Crippen LogP contribution in [0.4, 0.5) is 0 Å². The van der Waals surface area contributed by atoms with Crippen LogP contribution in [0.3, 0.4) is 0 Å². The van der Waals surface area contributed by atoms with Crippen LogP contribution in [0.25, 0.3) is 0 Å². The molecule has 74 valence electrons. The molecule has 14 heavy (non-hydrogen) atoms. The average molecular weight is 186 g/mol. The fourth-order valence-corrected chi connectivity index (χ4v) is 3.63. The molecule has 0 saturated heterocycles. The summed E-state index contributed by atoms with van der Waals surface area (Å²) in [4.78, 5) is 0. The summed E-state index contributed by atoms with van der Waals surface area (Å²) in [5.74, 6) is 2.97. The first-order chi connectivity index (χ1) is 6.84. The van der Waals surface area contributed by atoms with E-state index in [1.54, 1.807) is 5.56 Å². The van der Waals surface area contributed by atoms with Crippen LogP contribution in [0.1, 0.15) is 42.7 Å². The Balaban J connectivity index is 1.93. The second kappa shape index (κ2) is 3.12. The summed E-state index contributed by atoms with van der Waals surface area (Å²) in [7, 11) is 0. The lowest BCUT2D eigenvalue weighted by Gasteiger charge is -2.23. The minimum absolute atomic E-state index is 0.898. The SMILES string of the molecule is Cc1ccccc1[C@@H]1C[C@H]2CC[C@@H]1C2. The fraction of sp³-hybridized carbons (Fsp3) is 0.571. The molecule has 0 unspecified atom stereocenters. The summed E-state index contributed by atoms with van der Waals surface area (Å²) in [6, 6.07) is 8.97. The number of benzene rings is 1. The summed E-state index contributed by atoms with van der Waals surface area (Å²) in [6.07, 6.45) is 5.98. The zero-order valence-corrected chi connectivity index (χ0v) is 8.87. The van der Waals surface area contributed by atoms with E-state index < -0.39 is 0 Å². The van der Waals surface area contributed by atoms with Crippen LogP contribution in [-0.4, -0.2) is 0 Å². The molecule has 0 spiro atoms. The molecule has 0 heterocycles. The van der Waals surface area contributed by atoms with Gasteiger partial charge in [-0.1, -0.05) is 30.7 Å². The van der Waals surface area contributed by atoms with Crippen molar-refractivity contribution in [2.75, 3.05) is 0 Å². The third kappa shape index (κ3) is 1.20. The van der Waals surface area contributed by atoms with Gasteiger partial charge in [0.1, 0.15) is 0 Å². The van der Waals surface area contributed by atoms with Gasteiger partial charge >= 0.3 is 0 Å². The van der Waals surface area contributed by atoms with Gasteiger partial charge in [-0.25, -0.2) is 0 Å². The smallest absolute Gasteiger partial charge is 0.0128 e. The average Bonchev–Trinajstić information content (AvgIpc) is 2.79. The molecule has 2 saturated carbocycles. The van der Waals surface area contributed by atoms with Crippen molar-refractivity contribution < 1.29 is 0 Å². The van der Waals surface area contributed by atoms with E-state index in [4.69, 9.17) is 0 Å². The van der Waals surface area contributed by atoms with Crippen LogP contribution in [0.5, 0.6) is 0 Å². The molecule has 2 fully saturated rings. The summed E-state index contributed by atoms with van der Waals surface area (Å²) < 4.78 is 0. The molecule has 0 nitrogen and oxygen atoms in total. The minimum atomic E-state index is 0.898. The fourth-order valence-electron chi connectivity index (χ4n) is 3.63. The number of rotatable bonds is 1. The Morgan fingerprint density at radius 3 is 2.57 bits per heavy atom. The minimum Gasteiger partial charge on any atom is -0.0620 e. The first kappa shape index (κ1) is 8.52. The van der Waals surface area contributed by atoms with Gasteiger partial charge in [0.25, 0.3) is 0 Å². The third-order valence-corrected chi connectivity index (χ3v) is 4.33. The Morgan fingerprint density at radius 1 is 1.07 bits per heavy atom. The molecule has 0 radical (unpaired) electrons. The Labute approximate surface area is 86.3 Å². The Hall–Kier alpha value is -0.780. The Bertz CT molecular complexity index is 340. The van der Waals surface area contributed by atoms with Crippen molar-refractivity contribution in [3.05, 3.63) is 35.4 Å². The molecule has 0 aromatic heterocycles. The highest BCUT2D eigenvalue weighted by Gasteiger charge is 2.40. The Kier molecular flexibility index (Phi) is 1.90. The highest BCUT2D eigenvalue weighted by Crippen LogP contribution is 2.53. The molecule has 3 rings (SSSR count). The topological polar surface area (TPSA) is 0 Å². The third-order valence-electron chi connectivity index (χ3n) is 4.33. The van der Waals surface area contributed by atoms with Crippen molar-refractivity contribution in [1.82, 2.24) is 0 Å². The monoisotopic (exact) mass is 186 g/mol. The first-order valence-corrected chi connectivity index (χ1v) is 5.90. The maximum atomic E-state index is 2.35. The predicted molar refractivity (Wildman–Crippen MR) is 59.4 cm³/mol. The Morgan fingerprint density at radius 2 is 1.93 bits per heavy atom. The van der Waals surface area contributed by atoms with Gasteiger partial charge in [0, 0.05) is 0 Å². The van der Waals surface area contributed by atoms with E-state index in [0.717, 1.165) is 17.8 Å². The molecule has 2 bridgehead atoms. The van der Waals surface area contributed by atoms with Gasteiger partial charge in [-0.15, -0.1) is 0 Å². The van der Waals surface area contributed by atoms with E-state index in [0.29, 0.717) is 0 Å². The van der Waals surface area contributed by atoms with Crippen molar-refractivity contribution in [1.29, 1.82) is 0 Å². The highest BCUT2D eigenvalue weighted by molar-refractivity contribution is 5.31. The lowest BCUT2D eigenvalue weighted by atomic mass is 9.82. The highest BCUT2D eigenvalue weighted by atomic mass is 14.4. The van der Waals surface area contributed by atoms with Gasteiger partial charge in [-0.3, -0.25) is 0 Å². The van der Waals surface area contributed by atoms with E-state index in [2.05, 4.69) is 31.2 Å². The lowest BCUT2D eigenvalue weighted by Crippen LogP contribution is -2.09. The van der Waals surface area contributed by atoms with Crippen LogP contribution >= 0.6 is 0 Å². The van der Waals surface area contributed by atoms with Crippen molar-refractivity contribution in [2.45, 2.75) is 38.5 Å². The number of hydrogen-bond donors (Lipinski definition) is 0. The lowest BCUT2D eigenvalue weighted by molar-refractivity contribution is 0.419. The maximum absolute atomic E-state index is 2.35. The molecule has 1 aromatic carbocycles. The zero-order valence-electron chi connectivity index (χ0n) is 8.87.